The Morgan fingerprint density at radius 3 is 2.80 bits per heavy atom. The molecule has 1 atom stereocenters. The maximum atomic E-state index is 12.3. The van der Waals surface area contributed by atoms with Crippen LogP contribution in [0, 0.1) is 17.2 Å². The first-order valence-electron chi connectivity index (χ1n) is 7.17. The largest absolute Gasteiger partial charge is 0.336 e. The zero-order chi connectivity index (χ0) is 14.6. The van der Waals surface area contributed by atoms with E-state index in [0.29, 0.717) is 5.92 Å². The fourth-order valence-corrected chi connectivity index (χ4v) is 2.72. The van der Waals surface area contributed by atoms with E-state index in [9.17, 15) is 10.1 Å². The Balaban J connectivity index is 2.00. The van der Waals surface area contributed by atoms with E-state index in [-0.39, 0.29) is 5.91 Å². The molecule has 1 saturated carbocycles. The molecule has 0 bridgehead atoms. The molecular formula is C14H21N5O. The minimum Gasteiger partial charge on any atom is -0.336 e. The maximum absolute atomic E-state index is 12.3. The van der Waals surface area contributed by atoms with Crippen LogP contribution in [0.4, 0.5) is 0 Å². The monoisotopic (exact) mass is 275 g/mol. The van der Waals surface area contributed by atoms with E-state index >= 15 is 0 Å². The van der Waals surface area contributed by atoms with Crippen LogP contribution in [0.5, 0.6) is 0 Å². The van der Waals surface area contributed by atoms with E-state index in [0.717, 1.165) is 32.1 Å². The average Bonchev–Trinajstić information content (AvgIpc) is 3.01. The highest BCUT2D eigenvalue weighted by molar-refractivity contribution is 5.81. The van der Waals surface area contributed by atoms with Crippen LogP contribution in [-0.2, 0) is 4.79 Å². The van der Waals surface area contributed by atoms with Gasteiger partial charge in [-0.1, -0.05) is 13.3 Å². The van der Waals surface area contributed by atoms with Crippen LogP contribution in [0.1, 0.15) is 52.0 Å². The third-order valence-corrected chi connectivity index (χ3v) is 4.33. The number of rotatable bonds is 4. The predicted octanol–water partition coefficient (Wildman–Crippen LogP) is 1.82. The lowest BCUT2D eigenvalue weighted by Gasteiger charge is -2.35. The van der Waals surface area contributed by atoms with Crippen molar-refractivity contribution in [1.29, 1.82) is 5.26 Å². The number of nitrogens with one attached hydrogen (secondary N) is 1. The number of carbonyl (C=O) groups excluding carboxylic acids is 1. The molecule has 6 nitrogen and oxygen atoms in total. The summed E-state index contributed by atoms with van der Waals surface area (Å²) in [6, 6.07) is 1.86. The van der Waals surface area contributed by atoms with Crippen LogP contribution in [-0.4, -0.2) is 26.2 Å². The van der Waals surface area contributed by atoms with Crippen molar-refractivity contribution in [3.8, 4) is 6.07 Å². The van der Waals surface area contributed by atoms with Crippen LogP contribution < -0.4 is 5.32 Å². The Hall–Kier alpha value is -1.90. The number of aromatic nitrogens is 3. The van der Waals surface area contributed by atoms with Gasteiger partial charge < -0.3 is 5.32 Å². The molecule has 20 heavy (non-hydrogen) atoms. The van der Waals surface area contributed by atoms with Crippen LogP contribution in [0.15, 0.2) is 12.7 Å². The second-order valence-electron chi connectivity index (χ2n) is 5.59. The summed E-state index contributed by atoms with van der Waals surface area (Å²) < 4.78 is 1.50. The first-order valence-corrected chi connectivity index (χ1v) is 7.17. The third kappa shape index (κ3) is 2.98. The minimum absolute atomic E-state index is 0.174. The first kappa shape index (κ1) is 14.5. The Bertz CT molecular complexity index is 482. The van der Waals surface area contributed by atoms with Crippen LogP contribution in [0.2, 0.25) is 0 Å². The van der Waals surface area contributed by atoms with Gasteiger partial charge in [0, 0.05) is 0 Å². The number of hydrogen-bond donors (Lipinski definition) is 1. The molecule has 0 aromatic carbocycles. The number of nitriles is 1. The third-order valence-electron chi connectivity index (χ3n) is 4.33. The highest BCUT2D eigenvalue weighted by Crippen LogP contribution is 2.33. The van der Waals surface area contributed by atoms with Crippen molar-refractivity contribution in [1.82, 2.24) is 20.1 Å². The molecule has 0 aliphatic heterocycles. The lowest BCUT2D eigenvalue weighted by molar-refractivity contribution is -0.126. The van der Waals surface area contributed by atoms with Gasteiger partial charge in [-0.2, -0.15) is 10.4 Å². The Morgan fingerprint density at radius 1 is 1.60 bits per heavy atom. The van der Waals surface area contributed by atoms with Gasteiger partial charge in [0.05, 0.1) is 6.07 Å². The predicted molar refractivity (Wildman–Crippen MR) is 73.5 cm³/mol. The summed E-state index contributed by atoms with van der Waals surface area (Å²) in [5, 5.41) is 16.4. The van der Waals surface area contributed by atoms with Gasteiger partial charge in [0.15, 0.2) is 0 Å². The van der Waals surface area contributed by atoms with E-state index in [2.05, 4.69) is 28.4 Å². The summed E-state index contributed by atoms with van der Waals surface area (Å²) in [5.41, 5.74) is -0.711. The molecule has 1 fully saturated rings. The van der Waals surface area contributed by atoms with Crippen molar-refractivity contribution < 1.29 is 4.79 Å². The van der Waals surface area contributed by atoms with Gasteiger partial charge in [-0.25, -0.2) is 9.67 Å². The topological polar surface area (TPSA) is 83.6 Å². The molecule has 1 heterocycles. The van der Waals surface area contributed by atoms with Gasteiger partial charge in [-0.3, -0.25) is 4.79 Å². The van der Waals surface area contributed by atoms with Crippen LogP contribution in [0.25, 0.3) is 0 Å². The fourth-order valence-electron chi connectivity index (χ4n) is 2.72. The Kier molecular flexibility index (Phi) is 4.38. The summed E-state index contributed by atoms with van der Waals surface area (Å²) >= 11 is 0. The lowest BCUT2D eigenvalue weighted by Crippen LogP contribution is -2.51. The summed E-state index contributed by atoms with van der Waals surface area (Å²) in [6.45, 7) is 3.93. The average molecular weight is 275 g/mol. The second kappa shape index (κ2) is 6.04. The Morgan fingerprint density at radius 2 is 2.30 bits per heavy atom. The first-order chi connectivity index (χ1) is 9.60. The molecule has 0 saturated heterocycles. The van der Waals surface area contributed by atoms with Gasteiger partial charge in [-0.05, 0) is 38.5 Å². The van der Waals surface area contributed by atoms with E-state index in [1.807, 2.05) is 0 Å². The molecule has 1 aromatic heterocycles. The van der Waals surface area contributed by atoms with Crippen molar-refractivity contribution in [3.63, 3.8) is 0 Å². The number of carbonyl (C=O) groups is 1. The standard InChI is InChI=1S/C14H21N5O/c1-3-12-4-6-14(8-15,7-5-12)18-13(20)11(2)19-10-16-9-17-19/h9-12H,3-7H2,1-2H3,(H,18,20). The molecule has 1 unspecified atom stereocenters. The molecule has 2 rings (SSSR count). The summed E-state index contributed by atoms with van der Waals surface area (Å²) in [4.78, 5) is 16.1. The van der Waals surface area contributed by atoms with Crippen molar-refractivity contribution in [2.45, 2.75) is 57.5 Å². The normalized spacial score (nSPS) is 27.6. The quantitative estimate of drug-likeness (QED) is 0.908. The molecule has 1 aliphatic rings. The van der Waals surface area contributed by atoms with Crippen LogP contribution >= 0.6 is 0 Å². The molecule has 1 amide bonds. The SMILES string of the molecule is CCC1CCC(C#N)(NC(=O)C(C)n2cncn2)CC1. The minimum atomic E-state index is -0.711. The summed E-state index contributed by atoms with van der Waals surface area (Å²) in [5.74, 6) is 0.508. The fraction of sp³-hybridized carbons (Fsp3) is 0.714. The van der Waals surface area contributed by atoms with Crippen molar-refractivity contribution in [2.24, 2.45) is 5.92 Å². The van der Waals surface area contributed by atoms with Gasteiger partial charge in [-0.15, -0.1) is 0 Å². The molecule has 6 heteroatoms. The van der Waals surface area contributed by atoms with E-state index in [4.69, 9.17) is 0 Å². The van der Waals surface area contributed by atoms with Crippen molar-refractivity contribution >= 4 is 5.91 Å². The zero-order valence-electron chi connectivity index (χ0n) is 12.0. The van der Waals surface area contributed by atoms with Gasteiger partial charge in [0.25, 0.3) is 0 Å². The van der Waals surface area contributed by atoms with Gasteiger partial charge >= 0.3 is 0 Å². The van der Waals surface area contributed by atoms with E-state index in [1.165, 1.54) is 17.3 Å². The zero-order valence-corrected chi connectivity index (χ0v) is 12.0. The van der Waals surface area contributed by atoms with Crippen molar-refractivity contribution in [2.75, 3.05) is 0 Å². The highest BCUT2D eigenvalue weighted by atomic mass is 16.2. The molecule has 108 valence electrons. The summed E-state index contributed by atoms with van der Waals surface area (Å²) in [7, 11) is 0. The second-order valence-corrected chi connectivity index (χ2v) is 5.59. The highest BCUT2D eigenvalue weighted by Gasteiger charge is 2.37. The van der Waals surface area contributed by atoms with E-state index in [1.54, 1.807) is 6.92 Å². The van der Waals surface area contributed by atoms with Gasteiger partial charge in [0.1, 0.15) is 24.2 Å². The van der Waals surface area contributed by atoms with Crippen molar-refractivity contribution in [3.05, 3.63) is 12.7 Å². The molecule has 0 radical (unpaired) electrons. The number of hydrogen-bond acceptors (Lipinski definition) is 4. The lowest BCUT2D eigenvalue weighted by atomic mass is 9.76. The molecule has 1 aromatic rings. The van der Waals surface area contributed by atoms with E-state index < -0.39 is 11.6 Å². The van der Waals surface area contributed by atoms with Gasteiger partial charge in [0.2, 0.25) is 5.91 Å². The number of nitrogens with zero attached hydrogens (tertiary/aromatic N) is 4. The smallest absolute Gasteiger partial charge is 0.245 e. The number of amides is 1. The molecule has 1 N–H and O–H groups in total. The molecular weight excluding hydrogens is 254 g/mol. The van der Waals surface area contributed by atoms with Crippen LogP contribution in [0.3, 0.4) is 0 Å². The Labute approximate surface area is 119 Å². The maximum Gasteiger partial charge on any atom is 0.245 e. The molecule has 1 aliphatic carbocycles. The molecule has 0 spiro atoms. The summed E-state index contributed by atoms with van der Waals surface area (Å²) in [6.07, 6.45) is 7.53.